The zero-order chi connectivity index (χ0) is 22.1. The molecule has 0 radical (unpaired) electrons. The molecule has 3 rings (SSSR count). The van der Waals surface area contributed by atoms with E-state index in [1.807, 2.05) is 49.9 Å². The van der Waals surface area contributed by atoms with E-state index in [1.54, 1.807) is 10.9 Å². The number of likely N-dealkylation sites (tertiary alicyclic amines) is 1. The lowest BCUT2D eigenvalue weighted by molar-refractivity contribution is -0.142. The molecule has 0 atom stereocenters. The molecule has 3 heterocycles. The van der Waals surface area contributed by atoms with Gasteiger partial charge in [-0.1, -0.05) is 47.6 Å². The number of amides is 2. The Morgan fingerprint density at radius 3 is 2.27 bits per heavy atom. The van der Waals surface area contributed by atoms with Crippen molar-refractivity contribution < 1.29 is 9.59 Å². The van der Waals surface area contributed by atoms with Crippen LogP contribution in [-0.2, 0) is 15.0 Å². The number of hydrogen-bond donors (Lipinski definition) is 1. The zero-order valence-electron chi connectivity index (χ0n) is 18.9. The molecule has 1 aliphatic rings. The highest BCUT2D eigenvalue weighted by molar-refractivity contribution is 5.92. The van der Waals surface area contributed by atoms with E-state index in [-0.39, 0.29) is 23.1 Å². The molecular weight excluding hydrogens is 378 g/mol. The first kappa shape index (κ1) is 22.0. The molecule has 1 saturated heterocycles. The predicted octanol–water partition coefficient (Wildman–Crippen LogP) is 3.79. The maximum absolute atomic E-state index is 13.0. The van der Waals surface area contributed by atoms with Gasteiger partial charge in [0.05, 0.1) is 5.69 Å². The van der Waals surface area contributed by atoms with Gasteiger partial charge in [-0.2, -0.15) is 9.78 Å². The molecular formula is C23H33N5O2. The van der Waals surface area contributed by atoms with Crippen LogP contribution in [0.25, 0.3) is 5.82 Å². The largest absolute Gasteiger partial charge is 0.342 e. The Hall–Kier alpha value is -2.70. The molecule has 0 unspecified atom stereocenters. The highest BCUT2D eigenvalue weighted by atomic mass is 16.2. The lowest BCUT2D eigenvalue weighted by atomic mass is 9.90. The molecule has 0 saturated carbocycles. The van der Waals surface area contributed by atoms with Crippen LogP contribution >= 0.6 is 0 Å². The number of nitrogens with zero attached hydrogens (tertiary/aromatic N) is 4. The van der Waals surface area contributed by atoms with Crippen LogP contribution < -0.4 is 5.32 Å². The summed E-state index contributed by atoms with van der Waals surface area (Å²) in [5.74, 6) is 1.27. The summed E-state index contributed by atoms with van der Waals surface area (Å²) >= 11 is 0. The number of aromatic nitrogens is 3. The maximum Gasteiger partial charge on any atom is 0.228 e. The third-order valence-electron chi connectivity index (χ3n) is 5.39. The van der Waals surface area contributed by atoms with Crippen molar-refractivity contribution in [2.45, 2.75) is 59.8 Å². The van der Waals surface area contributed by atoms with Gasteiger partial charge in [-0.15, -0.1) is 0 Å². The minimum absolute atomic E-state index is 0.0320. The molecule has 7 nitrogen and oxygen atoms in total. The van der Waals surface area contributed by atoms with Gasteiger partial charge in [-0.3, -0.25) is 9.59 Å². The molecule has 30 heavy (non-hydrogen) atoms. The van der Waals surface area contributed by atoms with Crippen molar-refractivity contribution >= 4 is 17.6 Å². The van der Waals surface area contributed by atoms with Crippen molar-refractivity contribution in [2.75, 3.05) is 18.4 Å². The Kier molecular flexibility index (Phi) is 6.01. The molecule has 2 aromatic rings. The first-order chi connectivity index (χ1) is 14.0. The first-order valence-corrected chi connectivity index (χ1v) is 10.6. The lowest BCUT2D eigenvalue weighted by Crippen LogP contribution is -2.45. The second kappa shape index (κ2) is 8.20. The Bertz CT molecular complexity index is 898. The fourth-order valence-corrected chi connectivity index (χ4v) is 3.54. The van der Waals surface area contributed by atoms with Crippen LogP contribution in [0, 0.1) is 11.3 Å². The monoisotopic (exact) mass is 411 g/mol. The van der Waals surface area contributed by atoms with Gasteiger partial charge in [0.1, 0.15) is 5.82 Å². The van der Waals surface area contributed by atoms with E-state index in [1.165, 1.54) is 0 Å². The number of anilines is 1. The molecule has 0 spiro atoms. The first-order valence-electron chi connectivity index (χ1n) is 10.6. The molecule has 7 heteroatoms. The van der Waals surface area contributed by atoms with Crippen LogP contribution in [0.4, 0.5) is 5.82 Å². The standard InChI is InChI=1S/C23H33N5O2/c1-22(2,3)17-15-19(28(26-17)18-9-7-8-12-24-18)25-20(29)16-10-13-27(14-11-16)21(30)23(4,5)6/h7-9,12,15-16H,10-11,13-14H2,1-6H3,(H,25,29). The normalized spacial score (nSPS) is 15.9. The third-order valence-corrected chi connectivity index (χ3v) is 5.39. The average molecular weight is 412 g/mol. The summed E-state index contributed by atoms with van der Waals surface area (Å²) < 4.78 is 1.69. The van der Waals surface area contributed by atoms with E-state index in [0.29, 0.717) is 37.6 Å². The van der Waals surface area contributed by atoms with Gasteiger partial charge in [0, 0.05) is 42.1 Å². The van der Waals surface area contributed by atoms with E-state index >= 15 is 0 Å². The van der Waals surface area contributed by atoms with Gasteiger partial charge in [0.2, 0.25) is 11.8 Å². The van der Waals surface area contributed by atoms with Gasteiger partial charge < -0.3 is 10.2 Å². The molecule has 0 aliphatic carbocycles. The summed E-state index contributed by atoms with van der Waals surface area (Å²) in [5.41, 5.74) is 0.334. The molecule has 162 valence electrons. The number of carbonyl (C=O) groups excluding carboxylic acids is 2. The van der Waals surface area contributed by atoms with Gasteiger partial charge in [-0.25, -0.2) is 4.98 Å². The number of hydrogen-bond acceptors (Lipinski definition) is 4. The van der Waals surface area contributed by atoms with Crippen molar-refractivity contribution in [1.82, 2.24) is 19.7 Å². The molecule has 2 amide bonds. The Morgan fingerprint density at radius 1 is 1.07 bits per heavy atom. The van der Waals surface area contributed by atoms with E-state index < -0.39 is 5.41 Å². The number of piperidine rings is 1. The summed E-state index contributed by atoms with van der Waals surface area (Å²) in [6.45, 7) is 13.3. The highest BCUT2D eigenvalue weighted by Crippen LogP contribution is 2.28. The summed E-state index contributed by atoms with van der Waals surface area (Å²) in [7, 11) is 0. The second-order valence-corrected chi connectivity index (χ2v) is 10.1. The average Bonchev–Trinajstić information content (AvgIpc) is 3.12. The zero-order valence-corrected chi connectivity index (χ0v) is 18.9. The minimum atomic E-state index is -0.395. The lowest BCUT2D eigenvalue weighted by Gasteiger charge is -2.35. The summed E-state index contributed by atoms with van der Waals surface area (Å²) in [6, 6.07) is 7.54. The Balaban J connectivity index is 1.74. The van der Waals surface area contributed by atoms with Crippen LogP contribution in [0.2, 0.25) is 0 Å². The minimum Gasteiger partial charge on any atom is -0.342 e. The van der Waals surface area contributed by atoms with Crippen molar-refractivity contribution in [3.8, 4) is 5.82 Å². The molecule has 1 fully saturated rings. The third kappa shape index (κ3) is 4.89. The second-order valence-electron chi connectivity index (χ2n) is 10.1. The van der Waals surface area contributed by atoms with E-state index in [9.17, 15) is 9.59 Å². The molecule has 1 N–H and O–H groups in total. The number of nitrogens with one attached hydrogen (secondary N) is 1. The topological polar surface area (TPSA) is 80.1 Å². The van der Waals surface area contributed by atoms with Gasteiger partial charge in [0.15, 0.2) is 5.82 Å². The van der Waals surface area contributed by atoms with Crippen LogP contribution in [-0.4, -0.2) is 44.6 Å². The fraction of sp³-hybridized carbons (Fsp3) is 0.565. The summed E-state index contributed by atoms with van der Waals surface area (Å²) in [6.07, 6.45) is 3.04. The summed E-state index contributed by atoms with van der Waals surface area (Å²) in [4.78, 5) is 31.8. The van der Waals surface area contributed by atoms with Gasteiger partial charge >= 0.3 is 0 Å². The predicted molar refractivity (Wildman–Crippen MR) is 117 cm³/mol. The summed E-state index contributed by atoms with van der Waals surface area (Å²) in [5, 5.41) is 7.76. The maximum atomic E-state index is 13.0. The smallest absolute Gasteiger partial charge is 0.228 e. The van der Waals surface area contributed by atoms with E-state index in [0.717, 1.165) is 5.69 Å². The van der Waals surface area contributed by atoms with Crippen molar-refractivity contribution in [2.24, 2.45) is 11.3 Å². The Labute approximate surface area is 178 Å². The molecule has 0 bridgehead atoms. The SMILES string of the molecule is CC(C)(C)C(=O)N1CCC(C(=O)Nc2cc(C(C)(C)C)nn2-c2ccccn2)CC1. The van der Waals surface area contributed by atoms with Gasteiger partial charge in [0.25, 0.3) is 0 Å². The highest BCUT2D eigenvalue weighted by Gasteiger charge is 2.33. The van der Waals surface area contributed by atoms with E-state index in [2.05, 4.69) is 31.1 Å². The van der Waals surface area contributed by atoms with Crippen LogP contribution in [0.15, 0.2) is 30.5 Å². The fourth-order valence-electron chi connectivity index (χ4n) is 3.54. The van der Waals surface area contributed by atoms with E-state index in [4.69, 9.17) is 5.10 Å². The van der Waals surface area contributed by atoms with Gasteiger partial charge in [-0.05, 0) is 25.0 Å². The van der Waals surface area contributed by atoms with Crippen molar-refractivity contribution in [3.05, 3.63) is 36.2 Å². The molecule has 1 aliphatic heterocycles. The van der Waals surface area contributed by atoms with Crippen LogP contribution in [0.1, 0.15) is 60.1 Å². The quantitative estimate of drug-likeness (QED) is 0.833. The van der Waals surface area contributed by atoms with Crippen LogP contribution in [0.3, 0.4) is 0 Å². The van der Waals surface area contributed by atoms with Crippen molar-refractivity contribution in [3.63, 3.8) is 0 Å². The van der Waals surface area contributed by atoms with Crippen molar-refractivity contribution in [1.29, 1.82) is 0 Å². The molecule has 0 aromatic carbocycles. The Morgan fingerprint density at radius 2 is 1.73 bits per heavy atom. The number of carbonyl (C=O) groups is 2. The van der Waals surface area contributed by atoms with Crippen LogP contribution in [0.5, 0.6) is 0 Å². The molecule has 2 aromatic heterocycles. The number of rotatable bonds is 3. The number of pyridine rings is 1.